The molecule has 2 aromatic carbocycles. The second-order valence-corrected chi connectivity index (χ2v) is 7.52. The molecule has 2 aromatic rings. The number of rotatable bonds is 3. The molecule has 5 nitrogen and oxygen atoms in total. The Balaban J connectivity index is 0.000000174. The molecule has 1 heterocycles. The number of aliphatic carboxylic acids is 1. The van der Waals surface area contributed by atoms with Crippen molar-refractivity contribution in [3.63, 3.8) is 0 Å². The van der Waals surface area contributed by atoms with Crippen LogP contribution in [0.4, 0.5) is 11.4 Å². The van der Waals surface area contributed by atoms with Crippen LogP contribution in [0.3, 0.4) is 0 Å². The molecule has 0 aliphatic carbocycles. The van der Waals surface area contributed by atoms with Gasteiger partial charge in [0, 0.05) is 11.4 Å². The van der Waals surface area contributed by atoms with E-state index in [1.807, 2.05) is 60.7 Å². The quantitative estimate of drug-likeness (QED) is 0.902. The highest BCUT2D eigenvalue weighted by molar-refractivity contribution is 7.91. The number of anilines is 2. The highest BCUT2D eigenvalue weighted by Crippen LogP contribution is 2.17. The normalized spacial score (nSPS) is 18.5. The van der Waals surface area contributed by atoms with Gasteiger partial charge in [-0.1, -0.05) is 36.4 Å². The summed E-state index contributed by atoms with van der Waals surface area (Å²) < 4.78 is 21.4. The van der Waals surface area contributed by atoms with Crippen molar-refractivity contribution in [3.05, 3.63) is 60.7 Å². The van der Waals surface area contributed by atoms with E-state index in [-0.39, 0.29) is 17.9 Å². The van der Waals surface area contributed by atoms with Crippen LogP contribution < -0.4 is 5.32 Å². The molecule has 0 radical (unpaired) electrons. The highest BCUT2D eigenvalue weighted by Gasteiger charge is 2.32. The fraction of sp³-hybridized carbons (Fsp3) is 0.235. The molecule has 2 N–H and O–H groups in total. The molecule has 23 heavy (non-hydrogen) atoms. The number of para-hydroxylation sites is 2. The molecule has 1 aliphatic rings. The van der Waals surface area contributed by atoms with Gasteiger partial charge in [-0.05, 0) is 30.7 Å². The third-order valence-corrected chi connectivity index (χ3v) is 5.19. The van der Waals surface area contributed by atoms with Crippen molar-refractivity contribution in [1.82, 2.24) is 0 Å². The minimum absolute atomic E-state index is 0.0317. The number of hydrogen-bond donors (Lipinski definition) is 2. The van der Waals surface area contributed by atoms with Crippen LogP contribution in [0.1, 0.15) is 6.42 Å². The van der Waals surface area contributed by atoms with Gasteiger partial charge in [0.15, 0.2) is 9.84 Å². The van der Waals surface area contributed by atoms with Gasteiger partial charge in [-0.25, -0.2) is 8.42 Å². The summed E-state index contributed by atoms with van der Waals surface area (Å²) in [5.41, 5.74) is 2.24. The third kappa shape index (κ3) is 5.75. The standard InChI is InChI=1S/C12H11N.C5H8O4S/c1-3-7-11(8-4-1)13-12-9-5-2-6-10-12;6-5(7)4-1-2-10(8,9)3-4/h1-10,13H;4H,1-3H2,(H,6,7). The van der Waals surface area contributed by atoms with Crippen LogP contribution in [0.25, 0.3) is 0 Å². The summed E-state index contributed by atoms with van der Waals surface area (Å²) in [6.45, 7) is 0. The van der Waals surface area contributed by atoms with E-state index in [0.717, 1.165) is 11.4 Å². The summed E-state index contributed by atoms with van der Waals surface area (Å²) in [5, 5.41) is 11.7. The predicted molar refractivity (Wildman–Crippen MR) is 90.6 cm³/mol. The van der Waals surface area contributed by atoms with Crippen molar-refractivity contribution in [3.8, 4) is 0 Å². The van der Waals surface area contributed by atoms with E-state index in [1.165, 1.54) is 0 Å². The molecule has 1 atom stereocenters. The summed E-state index contributed by atoms with van der Waals surface area (Å²) in [7, 11) is -3.02. The van der Waals surface area contributed by atoms with E-state index in [2.05, 4.69) is 5.32 Å². The number of carbonyl (C=O) groups is 1. The Bertz CT molecular complexity index is 692. The summed E-state index contributed by atoms with van der Waals surface area (Å²) in [6.07, 6.45) is 0.275. The van der Waals surface area contributed by atoms with Gasteiger partial charge in [0.05, 0.1) is 17.4 Å². The maximum Gasteiger partial charge on any atom is 0.307 e. The number of benzene rings is 2. The van der Waals surface area contributed by atoms with Gasteiger partial charge in [0.2, 0.25) is 0 Å². The Labute approximate surface area is 135 Å². The molecule has 0 spiro atoms. The average Bonchev–Trinajstić information content (AvgIpc) is 2.90. The van der Waals surface area contributed by atoms with Crippen molar-refractivity contribution in [2.45, 2.75) is 6.42 Å². The SMILES string of the molecule is O=C(O)C1CCS(=O)(=O)C1.c1ccc(Nc2ccccc2)cc1. The summed E-state index contributed by atoms with van der Waals surface area (Å²) in [6, 6.07) is 20.3. The second kappa shape index (κ2) is 7.78. The molecule has 1 aliphatic heterocycles. The fourth-order valence-corrected chi connectivity index (χ4v) is 3.93. The lowest BCUT2D eigenvalue weighted by Gasteiger charge is -2.04. The lowest BCUT2D eigenvalue weighted by atomic mass is 10.1. The molecule has 6 heteroatoms. The fourth-order valence-electron chi connectivity index (χ4n) is 2.20. The zero-order valence-corrected chi connectivity index (χ0v) is 13.4. The maximum atomic E-state index is 10.7. The number of sulfone groups is 1. The summed E-state index contributed by atoms with van der Waals surface area (Å²) >= 11 is 0. The van der Waals surface area contributed by atoms with Gasteiger partial charge in [-0.3, -0.25) is 4.79 Å². The van der Waals surface area contributed by atoms with Gasteiger partial charge in [-0.15, -0.1) is 0 Å². The van der Waals surface area contributed by atoms with E-state index in [9.17, 15) is 13.2 Å². The van der Waals surface area contributed by atoms with Crippen molar-refractivity contribution >= 4 is 27.2 Å². The first-order valence-electron chi connectivity index (χ1n) is 7.26. The molecule has 0 amide bonds. The molecule has 0 bridgehead atoms. The molecule has 1 fully saturated rings. The first-order chi connectivity index (χ1) is 11.0. The van der Waals surface area contributed by atoms with E-state index in [4.69, 9.17) is 5.11 Å². The van der Waals surface area contributed by atoms with Gasteiger partial charge < -0.3 is 10.4 Å². The highest BCUT2D eigenvalue weighted by atomic mass is 32.2. The molecule has 3 rings (SSSR count). The minimum Gasteiger partial charge on any atom is -0.481 e. The number of carboxylic acids is 1. The van der Waals surface area contributed by atoms with E-state index >= 15 is 0 Å². The monoisotopic (exact) mass is 333 g/mol. The lowest BCUT2D eigenvalue weighted by molar-refractivity contribution is -0.140. The van der Waals surface area contributed by atoms with E-state index < -0.39 is 21.7 Å². The van der Waals surface area contributed by atoms with Crippen molar-refractivity contribution in [2.24, 2.45) is 5.92 Å². The first-order valence-corrected chi connectivity index (χ1v) is 9.09. The van der Waals surface area contributed by atoms with Gasteiger partial charge >= 0.3 is 5.97 Å². The van der Waals surface area contributed by atoms with Crippen molar-refractivity contribution in [2.75, 3.05) is 16.8 Å². The average molecular weight is 333 g/mol. The number of hydrogen-bond acceptors (Lipinski definition) is 4. The Morgan fingerprint density at radius 1 is 0.957 bits per heavy atom. The molecule has 122 valence electrons. The third-order valence-electron chi connectivity index (χ3n) is 3.42. The van der Waals surface area contributed by atoms with Crippen LogP contribution >= 0.6 is 0 Å². The van der Waals surface area contributed by atoms with Crippen LogP contribution in [-0.2, 0) is 14.6 Å². The van der Waals surface area contributed by atoms with E-state index in [0.29, 0.717) is 0 Å². The summed E-state index contributed by atoms with van der Waals surface area (Å²) in [4.78, 5) is 10.2. The van der Waals surface area contributed by atoms with Gasteiger partial charge in [0.25, 0.3) is 0 Å². The molecule has 0 aromatic heterocycles. The van der Waals surface area contributed by atoms with Gasteiger partial charge in [0.1, 0.15) is 0 Å². The first kappa shape index (κ1) is 17.0. The van der Waals surface area contributed by atoms with Crippen LogP contribution in [0.5, 0.6) is 0 Å². The van der Waals surface area contributed by atoms with E-state index in [1.54, 1.807) is 0 Å². The number of nitrogens with one attached hydrogen (secondary N) is 1. The smallest absolute Gasteiger partial charge is 0.307 e. The Kier molecular flexibility index (Phi) is 5.76. The lowest BCUT2D eigenvalue weighted by Crippen LogP contribution is -2.14. The van der Waals surface area contributed by atoms with Crippen LogP contribution in [0.15, 0.2) is 60.7 Å². The zero-order chi connectivity index (χ0) is 16.7. The zero-order valence-electron chi connectivity index (χ0n) is 12.6. The molecular weight excluding hydrogens is 314 g/mol. The van der Waals surface area contributed by atoms with Crippen LogP contribution in [0, 0.1) is 5.92 Å². The van der Waals surface area contributed by atoms with Crippen LogP contribution in [0.2, 0.25) is 0 Å². The topological polar surface area (TPSA) is 83.5 Å². The number of carboxylic acid groups (broad SMARTS) is 1. The Morgan fingerprint density at radius 2 is 1.43 bits per heavy atom. The molecule has 1 unspecified atom stereocenters. The van der Waals surface area contributed by atoms with Crippen molar-refractivity contribution < 1.29 is 18.3 Å². The largest absolute Gasteiger partial charge is 0.481 e. The van der Waals surface area contributed by atoms with Crippen LogP contribution in [-0.4, -0.2) is 31.0 Å². The predicted octanol–water partition coefficient (Wildman–Crippen LogP) is 2.94. The molecular formula is C17H19NO4S. The molecule has 1 saturated heterocycles. The minimum atomic E-state index is -3.02. The Morgan fingerprint density at radius 3 is 1.74 bits per heavy atom. The molecule has 0 saturated carbocycles. The van der Waals surface area contributed by atoms with Crippen molar-refractivity contribution in [1.29, 1.82) is 0 Å². The Hall–Kier alpha value is -2.34. The second-order valence-electron chi connectivity index (χ2n) is 5.30. The van der Waals surface area contributed by atoms with Gasteiger partial charge in [-0.2, -0.15) is 0 Å². The maximum absolute atomic E-state index is 10.7. The summed E-state index contributed by atoms with van der Waals surface area (Å²) in [5.74, 6) is -1.81.